The number of piperidine rings is 1. The zero-order chi connectivity index (χ0) is 15.6. The zero-order valence-corrected chi connectivity index (χ0v) is 14.1. The average molecular weight is 303 g/mol. The number of hydroxylamine groups is 2. The van der Waals surface area contributed by atoms with Gasteiger partial charge in [-0.05, 0) is 30.2 Å². The summed E-state index contributed by atoms with van der Waals surface area (Å²) in [5, 5.41) is 2.22. The lowest BCUT2D eigenvalue weighted by atomic mass is 9.83. The van der Waals surface area contributed by atoms with E-state index in [0.717, 1.165) is 13.0 Å². The summed E-state index contributed by atoms with van der Waals surface area (Å²) in [7, 11) is 0. The lowest BCUT2D eigenvalue weighted by molar-refractivity contribution is -0.214. The molecule has 0 N–H and O–H groups in total. The van der Waals surface area contributed by atoms with Crippen molar-refractivity contribution in [3.05, 3.63) is 35.9 Å². The van der Waals surface area contributed by atoms with E-state index in [2.05, 4.69) is 50.1 Å². The highest BCUT2D eigenvalue weighted by atomic mass is 16.7. The van der Waals surface area contributed by atoms with Crippen LogP contribution < -0.4 is 0 Å². The van der Waals surface area contributed by atoms with Gasteiger partial charge in [-0.3, -0.25) is 4.84 Å². The third-order valence-electron chi connectivity index (χ3n) is 4.81. The standard InChI is InChI=1S/C19H29NO2/c1-19(2,3)18(21-14-15-9-5-4-6-10-15)17-13-16-11-7-8-12-20(16)22-17/h4-6,9-10,16-18H,7-8,11-14H2,1-3H3/t16-,17+,18+/m1/s1. The molecule has 0 saturated carbocycles. The highest BCUT2D eigenvalue weighted by Gasteiger charge is 2.43. The first-order valence-corrected chi connectivity index (χ1v) is 8.63. The second kappa shape index (κ2) is 6.69. The van der Waals surface area contributed by atoms with Crippen molar-refractivity contribution in [2.45, 2.75) is 71.3 Å². The van der Waals surface area contributed by atoms with Crippen LogP contribution in [0.2, 0.25) is 0 Å². The molecule has 122 valence electrons. The molecule has 0 spiro atoms. The Morgan fingerprint density at radius 1 is 1.23 bits per heavy atom. The Kier molecular flexibility index (Phi) is 4.86. The van der Waals surface area contributed by atoms with Crippen LogP contribution in [-0.4, -0.2) is 29.9 Å². The van der Waals surface area contributed by atoms with Crippen LogP contribution in [0.25, 0.3) is 0 Å². The molecule has 0 aliphatic carbocycles. The number of nitrogens with zero attached hydrogens (tertiary/aromatic N) is 1. The SMILES string of the molecule is CC(C)(C)[C@@H](OCc1ccccc1)[C@@H]1C[C@H]2CCCCN2O1. The molecule has 22 heavy (non-hydrogen) atoms. The van der Waals surface area contributed by atoms with Gasteiger partial charge in [0, 0.05) is 12.6 Å². The number of benzene rings is 1. The third-order valence-corrected chi connectivity index (χ3v) is 4.81. The van der Waals surface area contributed by atoms with Crippen molar-refractivity contribution >= 4 is 0 Å². The summed E-state index contributed by atoms with van der Waals surface area (Å²) in [6.07, 6.45) is 5.28. The molecule has 0 bridgehead atoms. The quantitative estimate of drug-likeness (QED) is 0.833. The first-order chi connectivity index (χ1) is 10.5. The number of hydrogen-bond donors (Lipinski definition) is 0. The number of ether oxygens (including phenoxy) is 1. The third kappa shape index (κ3) is 3.70. The Labute approximate surface area is 134 Å². The summed E-state index contributed by atoms with van der Waals surface area (Å²) < 4.78 is 6.33. The van der Waals surface area contributed by atoms with Gasteiger partial charge in [-0.1, -0.05) is 57.5 Å². The van der Waals surface area contributed by atoms with E-state index in [-0.39, 0.29) is 17.6 Å². The maximum Gasteiger partial charge on any atom is 0.107 e. The molecule has 2 fully saturated rings. The highest BCUT2D eigenvalue weighted by Crippen LogP contribution is 2.37. The summed E-state index contributed by atoms with van der Waals surface area (Å²) in [6.45, 7) is 8.50. The van der Waals surface area contributed by atoms with E-state index in [1.807, 2.05) is 6.07 Å². The van der Waals surface area contributed by atoms with Gasteiger partial charge in [0.2, 0.25) is 0 Å². The first-order valence-electron chi connectivity index (χ1n) is 8.63. The molecule has 3 atom stereocenters. The Bertz CT molecular complexity index is 454. The molecule has 2 aliphatic heterocycles. The number of rotatable bonds is 4. The molecule has 1 aromatic rings. The average Bonchev–Trinajstić information content (AvgIpc) is 2.90. The van der Waals surface area contributed by atoms with Crippen molar-refractivity contribution in [2.24, 2.45) is 5.41 Å². The van der Waals surface area contributed by atoms with E-state index < -0.39 is 0 Å². The lowest BCUT2D eigenvalue weighted by Gasteiger charge is -2.34. The fourth-order valence-electron chi connectivity index (χ4n) is 3.69. The molecule has 0 aromatic heterocycles. The van der Waals surface area contributed by atoms with E-state index in [1.54, 1.807) is 0 Å². The van der Waals surface area contributed by atoms with Gasteiger partial charge in [0.15, 0.2) is 0 Å². The maximum atomic E-state index is 6.33. The van der Waals surface area contributed by atoms with Gasteiger partial charge in [0.1, 0.15) is 6.10 Å². The van der Waals surface area contributed by atoms with E-state index in [0.29, 0.717) is 12.6 Å². The molecule has 3 rings (SSSR count). The molecule has 3 nitrogen and oxygen atoms in total. The maximum absolute atomic E-state index is 6.33. The topological polar surface area (TPSA) is 21.7 Å². The minimum Gasteiger partial charge on any atom is -0.370 e. The second-order valence-electron chi connectivity index (χ2n) is 7.75. The predicted octanol–water partition coefficient (Wildman–Crippen LogP) is 4.18. The fourth-order valence-corrected chi connectivity index (χ4v) is 3.69. The molecule has 0 radical (unpaired) electrons. The predicted molar refractivity (Wildman–Crippen MR) is 88.3 cm³/mol. The molecule has 0 unspecified atom stereocenters. The van der Waals surface area contributed by atoms with Gasteiger partial charge >= 0.3 is 0 Å². The molecular weight excluding hydrogens is 274 g/mol. The molecule has 3 heteroatoms. The smallest absolute Gasteiger partial charge is 0.107 e. The van der Waals surface area contributed by atoms with Gasteiger partial charge in [0.05, 0.1) is 12.7 Å². The van der Waals surface area contributed by atoms with Crippen LogP contribution in [0, 0.1) is 5.41 Å². The van der Waals surface area contributed by atoms with E-state index in [1.165, 1.54) is 24.8 Å². The van der Waals surface area contributed by atoms with Crippen LogP contribution in [0.5, 0.6) is 0 Å². The van der Waals surface area contributed by atoms with Crippen molar-refractivity contribution in [1.29, 1.82) is 0 Å². The monoisotopic (exact) mass is 303 g/mol. The zero-order valence-electron chi connectivity index (χ0n) is 14.1. The first kappa shape index (κ1) is 16.0. The minimum atomic E-state index is 0.0774. The molecule has 0 amide bonds. The van der Waals surface area contributed by atoms with Crippen LogP contribution in [0.1, 0.15) is 52.0 Å². The fraction of sp³-hybridized carbons (Fsp3) is 0.684. The van der Waals surface area contributed by atoms with E-state index in [4.69, 9.17) is 9.57 Å². The van der Waals surface area contributed by atoms with Gasteiger partial charge in [0.25, 0.3) is 0 Å². The highest BCUT2D eigenvalue weighted by molar-refractivity contribution is 5.13. The van der Waals surface area contributed by atoms with Crippen LogP contribution in [0.15, 0.2) is 30.3 Å². The molecule has 2 saturated heterocycles. The van der Waals surface area contributed by atoms with Gasteiger partial charge < -0.3 is 4.74 Å². The Balaban J connectivity index is 1.65. The summed E-state index contributed by atoms with van der Waals surface area (Å²) in [5.74, 6) is 0. The normalized spacial score (nSPS) is 27.6. The van der Waals surface area contributed by atoms with Crippen LogP contribution in [0.4, 0.5) is 0 Å². The molecule has 1 aromatic carbocycles. The summed E-state index contributed by atoms with van der Waals surface area (Å²) in [5.41, 5.74) is 1.31. The van der Waals surface area contributed by atoms with Crippen molar-refractivity contribution in [1.82, 2.24) is 5.06 Å². The van der Waals surface area contributed by atoms with E-state index in [9.17, 15) is 0 Å². The molecule has 2 aliphatic rings. The Hall–Kier alpha value is -0.900. The Morgan fingerprint density at radius 2 is 2.00 bits per heavy atom. The van der Waals surface area contributed by atoms with Gasteiger partial charge in [-0.25, -0.2) is 0 Å². The molecular formula is C19H29NO2. The van der Waals surface area contributed by atoms with Crippen molar-refractivity contribution < 1.29 is 9.57 Å². The van der Waals surface area contributed by atoms with Crippen LogP contribution >= 0.6 is 0 Å². The number of hydrogen-bond acceptors (Lipinski definition) is 3. The molecule has 2 heterocycles. The summed E-state index contributed by atoms with van der Waals surface area (Å²) in [6, 6.07) is 11.0. The van der Waals surface area contributed by atoms with Gasteiger partial charge in [-0.2, -0.15) is 5.06 Å². The van der Waals surface area contributed by atoms with Crippen molar-refractivity contribution in [3.63, 3.8) is 0 Å². The largest absolute Gasteiger partial charge is 0.370 e. The van der Waals surface area contributed by atoms with E-state index >= 15 is 0 Å². The van der Waals surface area contributed by atoms with Gasteiger partial charge in [-0.15, -0.1) is 0 Å². The van der Waals surface area contributed by atoms with Crippen molar-refractivity contribution in [2.75, 3.05) is 6.54 Å². The van der Waals surface area contributed by atoms with Crippen LogP contribution in [-0.2, 0) is 16.2 Å². The summed E-state index contributed by atoms with van der Waals surface area (Å²) >= 11 is 0. The van der Waals surface area contributed by atoms with Crippen molar-refractivity contribution in [3.8, 4) is 0 Å². The minimum absolute atomic E-state index is 0.0774. The second-order valence-corrected chi connectivity index (χ2v) is 7.75. The summed E-state index contributed by atoms with van der Waals surface area (Å²) in [4.78, 5) is 6.25. The number of fused-ring (bicyclic) bond motifs is 1. The Morgan fingerprint density at radius 3 is 2.68 bits per heavy atom. The lowest BCUT2D eigenvalue weighted by Crippen LogP contribution is -2.40. The van der Waals surface area contributed by atoms with Crippen LogP contribution in [0.3, 0.4) is 0 Å².